The van der Waals surface area contributed by atoms with Crippen molar-refractivity contribution in [3.05, 3.63) is 0 Å². The largest absolute Gasteiger partial charge is 0.356 e. The lowest BCUT2D eigenvalue weighted by molar-refractivity contribution is -0.130. The van der Waals surface area contributed by atoms with Gasteiger partial charge in [-0.15, -0.1) is 11.8 Å². The molecule has 0 amide bonds. The maximum atomic E-state index is 11.1. The lowest BCUT2D eigenvalue weighted by atomic mass is 10.2. The first-order valence-electron chi connectivity index (χ1n) is 3.50. The lowest BCUT2D eigenvalue weighted by Gasteiger charge is -2.21. The Hall–Kier alpha value is -0.0200. The Balaban J connectivity index is 2.67. The monoisotopic (exact) mass is 160 g/mol. The van der Waals surface area contributed by atoms with Crippen LogP contribution in [0.2, 0.25) is 0 Å². The maximum absolute atomic E-state index is 11.1. The molecule has 0 N–H and O–H groups in total. The van der Waals surface area contributed by atoms with Crippen LogP contribution in [0.4, 0.5) is 0 Å². The predicted molar refractivity (Wildman–Crippen MR) is 42.1 cm³/mol. The van der Waals surface area contributed by atoms with E-state index in [1.807, 2.05) is 6.92 Å². The van der Waals surface area contributed by atoms with Crippen LogP contribution in [-0.2, 0) is 9.53 Å². The summed E-state index contributed by atoms with van der Waals surface area (Å²) in [6, 6.07) is 0. The van der Waals surface area contributed by atoms with Crippen LogP contribution in [0.3, 0.4) is 0 Å². The van der Waals surface area contributed by atoms with Gasteiger partial charge in [0.2, 0.25) is 0 Å². The second kappa shape index (κ2) is 2.93. The molecule has 3 heteroatoms. The minimum absolute atomic E-state index is 0.150. The van der Waals surface area contributed by atoms with E-state index in [2.05, 4.69) is 0 Å². The fraction of sp³-hybridized carbons (Fsp3) is 0.857. The van der Waals surface area contributed by atoms with Gasteiger partial charge in [0, 0.05) is 5.75 Å². The number of thioether (sulfide) groups is 1. The second-order valence-corrected chi connectivity index (χ2v) is 3.72. The molecule has 0 aromatic rings. The van der Waals surface area contributed by atoms with Gasteiger partial charge in [-0.2, -0.15) is 0 Å². The second-order valence-electron chi connectivity index (χ2n) is 2.36. The van der Waals surface area contributed by atoms with Gasteiger partial charge >= 0.3 is 0 Å². The third kappa shape index (κ3) is 1.20. The SMILES string of the molecule is CCC1(C(C)=O)OCCS1. The number of ether oxygens (including phenoxy) is 1. The van der Waals surface area contributed by atoms with Gasteiger partial charge in [-0.05, 0) is 13.3 Å². The first-order valence-corrected chi connectivity index (χ1v) is 4.49. The maximum Gasteiger partial charge on any atom is 0.171 e. The molecular formula is C7H12O2S. The molecule has 1 aliphatic rings. The van der Waals surface area contributed by atoms with Crippen molar-refractivity contribution in [3.8, 4) is 0 Å². The number of ketones is 1. The van der Waals surface area contributed by atoms with Crippen molar-refractivity contribution in [2.75, 3.05) is 12.4 Å². The van der Waals surface area contributed by atoms with Crippen LogP contribution in [0.15, 0.2) is 0 Å². The summed E-state index contributed by atoms with van der Waals surface area (Å²) in [5, 5.41) is 0. The zero-order valence-electron chi connectivity index (χ0n) is 6.35. The number of hydrogen-bond donors (Lipinski definition) is 0. The van der Waals surface area contributed by atoms with E-state index in [4.69, 9.17) is 4.74 Å². The van der Waals surface area contributed by atoms with Crippen molar-refractivity contribution in [2.45, 2.75) is 25.2 Å². The Morgan fingerprint density at radius 1 is 1.80 bits per heavy atom. The topological polar surface area (TPSA) is 26.3 Å². The Labute approximate surface area is 65.3 Å². The van der Waals surface area contributed by atoms with Crippen molar-refractivity contribution in [3.63, 3.8) is 0 Å². The van der Waals surface area contributed by atoms with Crippen molar-refractivity contribution in [1.82, 2.24) is 0 Å². The fourth-order valence-corrected chi connectivity index (χ4v) is 2.18. The summed E-state index contributed by atoms with van der Waals surface area (Å²) in [6.45, 7) is 4.31. The van der Waals surface area contributed by atoms with Crippen LogP contribution in [0.1, 0.15) is 20.3 Å². The van der Waals surface area contributed by atoms with Gasteiger partial charge in [-0.25, -0.2) is 0 Å². The average Bonchev–Trinajstić information content (AvgIpc) is 2.35. The van der Waals surface area contributed by atoms with Gasteiger partial charge in [-0.1, -0.05) is 6.92 Å². The smallest absolute Gasteiger partial charge is 0.171 e. The van der Waals surface area contributed by atoms with E-state index in [0.29, 0.717) is 0 Å². The molecule has 0 aromatic carbocycles. The highest BCUT2D eigenvalue weighted by Gasteiger charge is 2.38. The number of hydrogen-bond acceptors (Lipinski definition) is 3. The van der Waals surface area contributed by atoms with Crippen LogP contribution in [-0.4, -0.2) is 23.1 Å². The Bertz CT molecular complexity index is 139. The van der Waals surface area contributed by atoms with Crippen molar-refractivity contribution in [2.24, 2.45) is 0 Å². The van der Waals surface area contributed by atoms with Gasteiger partial charge in [0.15, 0.2) is 10.7 Å². The third-order valence-corrected chi connectivity index (χ3v) is 3.29. The highest BCUT2D eigenvalue weighted by molar-refractivity contribution is 8.01. The normalized spacial score (nSPS) is 32.6. The van der Waals surface area contributed by atoms with Gasteiger partial charge in [0.1, 0.15) is 0 Å². The van der Waals surface area contributed by atoms with Crippen molar-refractivity contribution >= 4 is 17.5 Å². The van der Waals surface area contributed by atoms with Crippen LogP contribution in [0.25, 0.3) is 0 Å². The minimum atomic E-state index is -0.486. The van der Waals surface area contributed by atoms with E-state index >= 15 is 0 Å². The number of rotatable bonds is 2. The standard InChI is InChI=1S/C7H12O2S/c1-3-7(6(2)8)9-4-5-10-7/h3-5H2,1-2H3. The van der Waals surface area contributed by atoms with E-state index in [1.165, 1.54) is 0 Å². The van der Waals surface area contributed by atoms with Gasteiger partial charge < -0.3 is 4.74 Å². The Morgan fingerprint density at radius 2 is 2.50 bits per heavy atom. The van der Waals surface area contributed by atoms with Gasteiger partial charge in [-0.3, -0.25) is 4.79 Å². The molecule has 1 heterocycles. The molecule has 0 bridgehead atoms. The van der Waals surface area contributed by atoms with Crippen LogP contribution in [0.5, 0.6) is 0 Å². The molecule has 1 unspecified atom stereocenters. The predicted octanol–water partition coefficient (Wildman–Crippen LogP) is 1.45. The highest BCUT2D eigenvalue weighted by atomic mass is 32.2. The molecule has 1 rings (SSSR count). The average molecular weight is 160 g/mol. The van der Waals surface area contributed by atoms with Crippen molar-refractivity contribution in [1.29, 1.82) is 0 Å². The zero-order valence-corrected chi connectivity index (χ0v) is 7.16. The number of Topliss-reactive ketones (excluding diaryl/α,β-unsaturated/α-hetero) is 1. The summed E-state index contributed by atoms with van der Waals surface area (Å²) < 4.78 is 5.36. The molecule has 0 radical (unpaired) electrons. The quantitative estimate of drug-likeness (QED) is 0.611. The molecule has 2 nitrogen and oxygen atoms in total. The van der Waals surface area contributed by atoms with Crippen LogP contribution < -0.4 is 0 Å². The number of carbonyl (C=O) groups excluding carboxylic acids is 1. The molecule has 0 aromatic heterocycles. The Kier molecular flexibility index (Phi) is 2.36. The van der Waals surface area contributed by atoms with Crippen molar-refractivity contribution < 1.29 is 9.53 Å². The first-order chi connectivity index (χ1) is 4.71. The molecular weight excluding hydrogens is 148 g/mol. The van der Waals surface area contributed by atoms with E-state index in [0.717, 1.165) is 18.8 Å². The third-order valence-electron chi connectivity index (χ3n) is 1.76. The summed E-state index contributed by atoms with van der Waals surface area (Å²) >= 11 is 1.63. The molecule has 0 aliphatic carbocycles. The molecule has 0 saturated carbocycles. The molecule has 1 saturated heterocycles. The molecule has 1 aliphatic heterocycles. The minimum Gasteiger partial charge on any atom is -0.356 e. The van der Waals surface area contributed by atoms with E-state index in [9.17, 15) is 4.79 Å². The molecule has 0 spiro atoms. The Morgan fingerprint density at radius 3 is 2.70 bits per heavy atom. The summed E-state index contributed by atoms with van der Waals surface area (Å²) in [4.78, 5) is 10.6. The van der Waals surface area contributed by atoms with E-state index in [1.54, 1.807) is 18.7 Å². The lowest BCUT2D eigenvalue weighted by Crippen LogP contribution is -2.31. The summed E-state index contributed by atoms with van der Waals surface area (Å²) in [7, 11) is 0. The fourth-order valence-electron chi connectivity index (χ4n) is 1.11. The zero-order chi connectivity index (χ0) is 7.61. The highest BCUT2D eigenvalue weighted by Crippen LogP contribution is 2.36. The van der Waals surface area contributed by atoms with Gasteiger partial charge in [0.25, 0.3) is 0 Å². The number of carbonyl (C=O) groups is 1. The summed E-state index contributed by atoms with van der Waals surface area (Å²) in [6.07, 6.45) is 0.785. The molecule has 10 heavy (non-hydrogen) atoms. The summed E-state index contributed by atoms with van der Waals surface area (Å²) in [5.74, 6) is 1.10. The van der Waals surface area contributed by atoms with Gasteiger partial charge in [0.05, 0.1) is 6.61 Å². The summed E-state index contributed by atoms with van der Waals surface area (Å²) in [5.41, 5.74) is 0. The van der Waals surface area contributed by atoms with E-state index < -0.39 is 4.93 Å². The molecule has 1 atom stereocenters. The van der Waals surface area contributed by atoms with Crippen LogP contribution >= 0.6 is 11.8 Å². The molecule has 58 valence electrons. The molecule has 1 fully saturated rings. The van der Waals surface area contributed by atoms with E-state index in [-0.39, 0.29) is 5.78 Å². The van der Waals surface area contributed by atoms with Crippen LogP contribution in [0, 0.1) is 0 Å². The first kappa shape index (κ1) is 8.08.